The van der Waals surface area contributed by atoms with E-state index in [1.54, 1.807) is 30.3 Å². The highest BCUT2D eigenvalue weighted by Gasteiger charge is 2.22. The van der Waals surface area contributed by atoms with Gasteiger partial charge in [-0.3, -0.25) is 4.90 Å². The van der Waals surface area contributed by atoms with Gasteiger partial charge in [-0.15, -0.1) is 0 Å². The molecule has 0 bridgehead atoms. The van der Waals surface area contributed by atoms with Crippen LogP contribution in [0.15, 0.2) is 29.7 Å². The molecule has 5 nitrogen and oxygen atoms in total. The van der Waals surface area contributed by atoms with Crippen molar-refractivity contribution in [1.82, 2.24) is 9.62 Å². The number of morpholine rings is 1. The van der Waals surface area contributed by atoms with E-state index in [2.05, 4.69) is 23.5 Å². The van der Waals surface area contributed by atoms with Crippen molar-refractivity contribution in [1.29, 1.82) is 0 Å². The summed E-state index contributed by atoms with van der Waals surface area (Å²) >= 11 is 5.81. The number of ether oxygens (including phenoxy) is 1. The molecule has 7 heteroatoms. The van der Waals surface area contributed by atoms with Crippen LogP contribution in [0.3, 0.4) is 0 Å². The number of nitrogens with zero attached hydrogens (tertiary/aromatic N) is 1. The minimum atomic E-state index is -3.49. The normalized spacial score (nSPS) is 20.1. The Kier molecular flexibility index (Phi) is 7.25. The number of halogens is 1. The number of rotatable bonds is 7. The first kappa shape index (κ1) is 19.4. The Labute approximate surface area is 149 Å². The Morgan fingerprint density at radius 1 is 1.38 bits per heavy atom. The molecular formula is C17H25ClN2O3S. The second-order valence-electron chi connectivity index (χ2n) is 6.39. The first-order valence-electron chi connectivity index (χ1n) is 8.11. The Bertz CT molecular complexity index is 644. The lowest BCUT2D eigenvalue weighted by molar-refractivity contribution is -0.0279. The summed E-state index contributed by atoms with van der Waals surface area (Å²) in [6.07, 6.45) is 1.43. The number of benzene rings is 1. The Morgan fingerprint density at radius 3 is 2.75 bits per heavy atom. The van der Waals surface area contributed by atoms with E-state index in [-0.39, 0.29) is 12.6 Å². The van der Waals surface area contributed by atoms with E-state index in [1.807, 2.05) is 0 Å². The van der Waals surface area contributed by atoms with Crippen molar-refractivity contribution >= 4 is 27.7 Å². The highest BCUT2D eigenvalue weighted by Crippen LogP contribution is 2.11. The van der Waals surface area contributed by atoms with Gasteiger partial charge in [0.05, 0.1) is 12.7 Å². The van der Waals surface area contributed by atoms with Crippen LogP contribution >= 0.6 is 11.6 Å². The molecule has 0 aliphatic carbocycles. The van der Waals surface area contributed by atoms with Gasteiger partial charge in [-0.25, -0.2) is 13.1 Å². The monoisotopic (exact) mass is 372 g/mol. The summed E-state index contributed by atoms with van der Waals surface area (Å²) in [6, 6.07) is 6.98. The van der Waals surface area contributed by atoms with Gasteiger partial charge in [-0.2, -0.15) is 0 Å². The molecule has 1 aliphatic rings. The molecular weight excluding hydrogens is 348 g/mol. The van der Waals surface area contributed by atoms with E-state index in [4.69, 9.17) is 16.3 Å². The Morgan fingerprint density at radius 2 is 2.08 bits per heavy atom. The molecule has 1 saturated heterocycles. The fourth-order valence-corrected chi connectivity index (χ4v) is 3.56. The average molecular weight is 373 g/mol. The van der Waals surface area contributed by atoms with Gasteiger partial charge in [-0.1, -0.05) is 37.6 Å². The van der Waals surface area contributed by atoms with E-state index in [0.29, 0.717) is 17.5 Å². The lowest BCUT2D eigenvalue weighted by atomic mass is 10.2. The second kappa shape index (κ2) is 8.97. The van der Waals surface area contributed by atoms with Crippen LogP contribution in [0.25, 0.3) is 6.08 Å². The fourth-order valence-electron chi connectivity index (χ4n) is 2.59. The van der Waals surface area contributed by atoms with Crippen molar-refractivity contribution in [3.8, 4) is 0 Å². The van der Waals surface area contributed by atoms with Crippen LogP contribution in [-0.2, 0) is 14.8 Å². The van der Waals surface area contributed by atoms with Crippen LogP contribution in [0.2, 0.25) is 5.02 Å². The van der Waals surface area contributed by atoms with Crippen LogP contribution in [-0.4, -0.2) is 52.2 Å². The van der Waals surface area contributed by atoms with Crippen molar-refractivity contribution in [2.24, 2.45) is 5.92 Å². The predicted octanol–water partition coefficient (Wildman–Crippen LogP) is 2.59. The summed E-state index contributed by atoms with van der Waals surface area (Å²) < 4.78 is 32.4. The maximum Gasteiger partial charge on any atom is 0.233 e. The summed E-state index contributed by atoms with van der Waals surface area (Å²) in [7, 11) is -3.49. The van der Waals surface area contributed by atoms with E-state index in [0.717, 1.165) is 25.2 Å². The zero-order valence-corrected chi connectivity index (χ0v) is 15.7. The SMILES string of the molecule is CC(C)CN1CCOC(CNS(=O)(=O)/C=C/c2ccc(Cl)cc2)C1. The first-order valence-corrected chi connectivity index (χ1v) is 10.0. The molecule has 1 fully saturated rings. The molecule has 1 atom stereocenters. The van der Waals surface area contributed by atoms with Gasteiger partial charge in [0.1, 0.15) is 0 Å². The topological polar surface area (TPSA) is 58.6 Å². The van der Waals surface area contributed by atoms with Crippen molar-refractivity contribution < 1.29 is 13.2 Å². The molecule has 0 aromatic heterocycles. The van der Waals surface area contributed by atoms with Crippen LogP contribution in [0.4, 0.5) is 0 Å². The van der Waals surface area contributed by atoms with Crippen molar-refractivity contribution in [2.75, 3.05) is 32.8 Å². The van der Waals surface area contributed by atoms with Crippen molar-refractivity contribution in [3.05, 3.63) is 40.3 Å². The smallest absolute Gasteiger partial charge is 0.233 e. The summed E-state index contributed by atoms with van der Waals surface area (Å²) in [6.45, 7) is 7.92. The number of nitrogens with one attached hydrogen (secondary N) is 1. The van der Waals surface area contributed by atoms with Gasteiger partial charge in [0.2, 0.25) is 10.0 Å². The third kappa shape index (κ3) is 6.91. The largest absolute Gasteiger partial charge is 0.374 e. The van der Waals surface area contributed by atoms with Crippen LogP contribution in [0.1, 0.15) is 19.4 Å². The summed E-state index contributed by atoms with van der Waals surface area (Å²) in [4.78, 5) is 2.32. The molecule has 2 rings (SSSR count). The molecule has 134 valence electrons. The molecule has 0 amide bonds. The predicted molar refractivity (Wildman–Crippen MR) is 98.4 cm³/mol. The quantitative estimate of drug-likeness (QED) is 0.799. The van der Waals surface area contributed by atoms with Gasteiger partial charge in [0.25, 0.3) is 0 Å². The van der Waals surface area contributed by atoms with E-state index in [9.17, 15) is 8.42 Å². The molecule has 0 spiro atoms. The lowest BCUT2D eigenvalue weighted by Crippen LogP contribution is -2.48. The standard InChI is InChI=1S/C17H25ClN2O3S/c1-14(2)12-20-8-9-23-17(13-20)11-19-24(21,22)10-7-15-3-5-16(18)6-4-15/h3-7,10,14,17,19H,8-9,11-13H2,1-2H3/b10-7+. The van der Waals surface area contributed by atoms with Gasteiger partial charge < -0.3 is 4.74 Å². The molecule has 24 heavy (non-hydrogen) atoms. The number of hydrogen-bond donors (Lipinski definition) is 1. The summed E-state index contributed by atoms with van der Waals surface area (Å²) in [5.74, 6) is 0.586. The van der Waals surface area contributed by atoms with Gasteiger partial charge >= 0.3 is 0 Å². The molecule has 1 heterocycles. The maximum atomic E-state index is 12.1. The van der Waals surface area contributed by atoms with Crippen LogP contribution < -0.4 is 4.72 Å². The summed E-state index contributed by atoms with van der Waals surface area (Å²) in [5, 5.41) is 1.79. The Hall–Kier alpha value is -0.920. The van der Waals surface area contributed by atoms with Gasteiger partial charge in [-0.05, 0) is 29.7 Å². The summed E-state index contributed by atoms with van der Waals surface area (Å²) in [5.41, 5.74) is 0.779. The van der Waals surface area contributed by atoms with E-state index >= 15 is 0 Å². The minimum absolute atomic E-state index is 0.115. The third-order valence-corrected chi connectivity index (χ3v) is 4.98. The van der Waals surface area contributed by atoms with Gasteiger partial charge in [0.15, 0.2) is 0 Å². The number of hydrogen-bond acceptors (Lipinski definition) is 4. The average Bonchev–Trinajstić information content (AvgIpc) is 2.52. The van der Waals surface area contributed by atoms with E-state index < -0.39 is 10.0 Å². The van der Waals surface area contributed by atoms with E-state index in [1.165, 1.54) is 5.41 Å². The number of sulfonamides is 1. The first-order chi connectivity index (χ1) is 11.3. The van der Waals surface area contributed by atoms with Gasteiger partial charge in [0, 0.05) is 36.6 Å². The van der Waals surface area contributed by atoms with Crippen molar-refractivity contribution in [2.45, 2.75) is 20.0 Å². The third-order valence-electron chi connectivity index (χ3n) is 3.67. The minimum Gasteiger partial charge on any atom is -0.374 e. The molecule has 0 radical (unpaired) electrons. The molecule has 1 aliphatic heterocycles. The van der Waals surface area contributed by atoms with Crippen LogP contribution in [0.5, 0.6) is 0 Å². The highest BCUT2D eigenvalue weighted by atomic mass is 35.5. The molecule has 1 aromatic carbocycles. The molecule has 1 N–H and O–H groups in total. The lowest BCUT2D eigenvalue weighted by Gasteiger charge is -2.33. The Balaban J connectivity index is 1.84. The maximum absolute atomic E-state index is 12.1. The zero-order chi connectivity index (χ0) is 17.6. The van der Waals surface area contributed by atoms with Crippen LogP contribution in [0, 0.1) is 5.92 Å². The second-order valence-corrected chi connectivity index (χ2v) is 8.48. The fraction of sp³-hybridized carbons (Fsp3) is 0.529. The molecule has 1 aromatic rings. The molecule has 1 unspecified atom stereocenters. The highest BCUT2D eigenvalue weighted by molar-refractivity contribution is 7.92. The van der Waals surface area contributed by atoms with Crippen molar-refractivity contribution in [3.63, 3.8) is 0 Å². The molecule has 0 saturated carbocycles. The zero-order valence-electron chi connectivity index (χ0n) is 14.1.